The first-order valence-corrected chi connectivity index (χ1v) is 8.44. The highest BCUT2D eigenvalue weighted by molar-refractivity contribution is 7.98. The number of nitrogens with zero attached hydrogens (tertiary/aromatic N) is 2. The van der Waals surface area contributed by atoms with Gasteiger partial charge in [-0.25, -0.2) is 4.98 Å². The van der Waals surface area contributed by atoms with Crippen LogP contribution in [0.15, 0.2) is 41.6 Å². The topological polar surface area (TPSA) is 46.9 Å². The highest BCUT2D eigenvalue weighted by Crippen LogP contribution is 2.38. The van der Waals surface area contributed by atoms with Gasteiger partial charge in [-0.2, -0.15) is 0 Å². The zero-order valence-electron chi connectivity index (χ0n) is 12.1. The maximum absolute atomic E-state index is 12.2. The van der Waals surface area contributed by atoms with Crippen LogP contribution >= 0.6 is 11.8 Å². The Hall–Kier alpha value is -1.75. The summed E-state index contributed by atoms with van der Waals surface area (Å²) < 4.78 is 2.15. The molecule has 4 nitrogen and oxygen atoms in total. The lowest BCUT2D eigenvalue weighted by atomic mass is 10.2. The Kier molecular flexibility index (Phi) is 4.29. The Bertz CT molecular complexity index is 634. The molecule has 0 spiro atoms. The summed E-state index contributed by atoms with van der Waals surface area (Å²) in [5.41, 5.74) is 0.748. The molecule has 1 heterocycles. The molecule has 1 aliphatic carbocycles. The molecule has 5 heteroatoms. The van der Waals surface area contributed by atoms with E-state index >= 15 is 0 Å². The maximum Gasteiger partial charge on any atom is 0.252 e. The van der Waals surface area contributed by atoms with Gasteiger partial charge in [-0.15, -0.1) is 11.8 Å². The normalized spacial score (nSPS) is 14.1. The minimum atomic E-state index is -0.00645. The second-order valence-corrected chi connectivity index (χ2v) is 6.06. The molecule has 2 aromatic rings. The van der Waals surface area contributed by atoms with Crippen LogP contribution in [0.3, 0.4) is 0 Å². The lowest BCUT2D eigenvalue weighted by Gasteiger charge is -2.10. The Morgan fingerprint density at radius 1 is 1.43 bits per heavy atom. The molecule has 0 bridgehead atoms. The van der Waals surface area contributed by atoms with Crippen LogP contribution in [0.25, 0.3) is 0 Å². The maximum atomic E-state index is 12.2. The molecule has 0 aliphatic heterocycles. The van der Waals surface area contributed by atoms with E-state index in [0.717, 1.165) is 22.8 Å². The van der Waals surface area contributed by atoms with E-state index in [1.165, 1.54) is 12.8 Å². The van der Waals surface area contributed by atoms with Gasteiger partial charge in [0.2, 0.25) is 0 Å². The summed E-state index contributed by atoms with van der Waals surface area (Å²) in [6, 6.07) is 7.69. The number of carbonyl (C=O) groups is 1. The summed E-state index contributed by atoms with van der Waals surface area (Å²) >= 11 is 1.59. The van der Waals surface area contributed by atoms with Gasteiger partial charge in [-0.3, -0.25) is 4.79 Å². The van der Waals surface area contributed by atoms with Crippen LogP contribution in [0.2, 0.25) is 0 Å². The van der Waals surface area contributed by atoms with Crippen LogP contribution < -0.4 is 5.32 Å². The zero-order valence-corrected chi connectivity index (χ0v) is 12.9. The Balaban J connectivity index is 1.57. The van der Waals surface area contributed by atoms with Gasteiger partial charge in [-0.05, 0) is 31.2 Å². The summed E-state index contributed by atoms with van der Waals surface area (Å²) in [4.78, 5) is 17.7. The standard InChI is InChI=1S/C16H19N3OS/c1-21-14-5-3-2-4-13(14)16(20)18-9-11-19-10-8-17-15(19)12-6-7-12/h2-5,8,10,12H,6-7,9,11H2,1H3,(H,18,20). The number of aromatic nitrogens is 2. The number of benzene rings is 1. The molecule has 0 radical (unpaired) electrons. The number of carbonyl (C=O) groups excluding carboxylic acids is 1. The van der Waals surface area contributed by atoms with Crippen molar-refractivity contribution >= 4 is 17.7 Å². The second-order valence-electron chi connectivity index (χ2n) is 5.21. The molecule has 0 unspecified atom stereocenters. The molecule has 3 rings (SSSR count). The predicted octanol–water partition coefficient (Wildman–Crippen LogP) is 2.91. The number of hydrogen-bond donors (Lipinski definition) is 1. The van der Waals surface area contributed by atoms with E-state index in [0.29, 0.717) is 12.5 Å². The molecule has 1 saturated carbocycles. The number of nitrogens with one attached hydrogen (secondary N) is 1. The van der Waals surface area contributed by atoms with Crippen molar-refractivity contribution < 1.29 is 4.79 Å². The SMILES string of the molecule is CSc1ccccc1C(=O)NCCn1ccnc1C1CC1. The van der Waals surface area contributed by atoms with Crippen molar-refractivity contribution in [1.29, 1.82) is 0 Å². The highest BCUT2D eigenvalue weighted by atomic mass is 32.2. The van der Waals surface area contributed by atoms with E-state index in [4.69, 9.17) is 0 Å². The number of thioether (sulfide) groups is 1. The summed E-state index contributed by atoms with van der Waals surface area (Å²) in [5.74, 6) is 1.79. The van der Waals surface area contributed by atoms with E-state index in [2.05, 4.69) is 14.9 Å². The summed E-state index contributed by atoms with van der Waals surface area (Å²) in [6.45, 7) is 1.40. The largest absolute Gasteiger partial charge is 0.350 e. The zero-order chi connectivity index (χ0) is 14.7. The fraction of sp³-hybridized carbons (Fsp3) is 0.375. The van der Waals surface area contributed by atoms with Gasteiger partial charge in [0, 0.05) is 36.3 Å². The molecule has 1 aromatic carbocycles. The molecule has 1 aromatic heterocycles. The van der Waals surface area contributed by atoms with Crippen molar-refractivity contribution in [2.24, 2.45) is 0 Å². The first-order chi connectivity index (χ1) is 10.3. The van der Waals surface area contributed by atoms with Crippen molar-refractivity contribution in [3.63, 3.8) is 0 Å². The quantitative estimate of drug-likeness (QED) is 0.835. The van der Waals surface area contributed by atoms with Crippen LogP contribution in [0.4, 0.5) is 0 Å². The predicted molar refractivity (Wildman–Crippen MR) is 84.8 cm³/mol. The van der Waals surface area contributed by atoms with Gasteiger partial charge in [0.15, 0.2) is 0 Å². The summed E-state index contributed by atoms with van der Waals surface area (Å²) in [5, 5.41) is 3.00. The number of hydrogen-bond acceptors (Lipinski definition) is 3. The summed E-state index contributed by atoms with van der Waals surface area (Å²) in [6.07, 6.45) is 8.31. The van der Waals surface area contributed by atoms with E-state index < -0.39 is 0 Å². The monoisotopic (exact) mass is 301 g/mol. The Morgan fingerprint density at radius 2 is 2.24 bits per heavy atom. The number of amides is 1. The first-order valence-electron chi connectivity index (χ1n) is 7.22. The minimum Gasteiger partial charge on any atom is -0.350 e. The van der Waals surface area contributed by atoms with Gasteiger partial charge in [0.25, 0.3) is 5.91 Å². The minimum absolute atomic E-state index is 0.00645. The molecular formula is C16H19N3OS. The van der Waals surface area contributed by atoms with Gasteiger partial charge in [0.1, 0.15) is 5.82 Å². The fourth-order valence-corrected chi connectivity index (χ4v) is 3.02. The van der Waals surface area contributed by atoms with Gasteiger partial charge in [-0.1, -0.05) is 12.1 Å². The second kappa shape index (κ2) is 6.35. The first kappa shape index (κ1) is 14.2. The molecule has 1 N–H and O–H groups in total. The third-order valence-corrected chi connectivity index (χ3v) is 4.48. The van der Waals surface area contributed by atoms with E-state index in [9.17, 15) is 4.79 Å². The Morgan fingerprint density at radius 3 is 3.00 bits per heavy atom. The molecule has 0 saturated heterocycles. The number of rotatable bonds is 6. The molecule has 21 heavy (non-hydrogen) atoms. The molecular weight excluding hydrogens is 282 g/mol. The van der Waals surface area contributed by atoms with Gasteiger partial charge >= 0.3 is 0 Å². The van der Waals surface area contributed by atoms with E-state index in [1.807, 2.05) is 42.9 Å². The lowest BCUT2D eigenvalue weighted by Crippen LogP contribution is -2.27. The van der Waals surface area contributed by atoms with Crippen LogP contribution in [0.1, 0.15) is 34.9 Å². The van der Waals surface area contributed by atoms with Gasteiger partial charge in [0.05, 0.1) is 5.56 Å². The lowest BCUT2D eigenvalue weighted by molar-refractivity contribution is 0.0949. The van der Waals surface area contributed by atoms with Crippen LogP contribution in [-0.4, -0.2) is 28.3 Å². The Labute approximate surface area is 129 Å². The molecule has 1 aliphatic rings. The van der Waals surface area contributed by atoms with Crippen molar-refractivity contribution in [2.45, 2.75) is 30.2 Å². The summed E-state index contributed by atoms with van der Waals surface area (Å²) in [7, 11) is 0. The van der Waals surface area contributed by atoms with Crippen LogP contribution in [-0.2, 0) is 6.54 Å². The molecule has 1 fully saturated rings. The third kappa shape index (κ3) is 3.29. The van der Waals surface area contributed by atoms with Crippen molar-refractivity contribution in [2.75, 3.05) is 12.8 Å². The van der Waals surface area contributed by atoms with Crippen LogP contribution in [0.5, 0.6) is 0 Å². The van der Waals surface area contributed by atoms with E-state index in [-0.39, 0.29) is 5.91 Å². The van der Waals surface area contributed by atoms with Gasteiger partial charge < -0.3 is 9.88 Å². The average Bonchev–Trinajstić information content (AvgIpc) is 3.26. The van der Waals surface area contributed by atoms with Crippen LogP contribution in [0, 0.1) is 0 Å². The smallest absolute Gasteiger partial charge is 0.252 e. The fourth-order valence-electron chi connectivity index (χ4n) is 2.43. The molecule has 110 valence electrons. The number of imidazole rings is 1. The molecule has 1 amide bonds. The third-order valence-electron chi connectivity index (χ3n) is 3.68. The van der Waals surface area contributed by atoms with Crippen molar-refractivity contribution in [3.8, 4) is 0 Å². The van der Waals surface area contributed by atoms with E-state index in [1.54, 1.807) is 11.8 Å². The molecule has 0 atom stereocenters. The highest BCUT2D eigenvalue weighted by Gasteiger charge is 2.27. The van der Waals surface area contributed by atoms with Crippen molar-refractivity contribution in [3.05, 3.63) is 48.0 Å². The average molecular weight is 301 g/mol. The van der Waals surface area contributed by atoms with Crippen molar-refractivity contribution in [1.82, 2.24) is 14.9 Å².